The number of esters is 2. The van der Waals surface area contributed by atoms with Crippen LogP contribution in [0, 0.1) is 0 Å². The van der Waals surface area contributed by atoms with E-state index in [4.69, 9.17) is 9.47 Å². The number of rotatable bonds is 17. The van der Waals surface area contributed by atoms with Gasteiger partial charge in [0.15, 0.2) is 0 Å². The van der Waals surface area contributed by atoms with Crippen LogP contribution in [-0.2, 0) is 19.1 Å². The summed E-state index contributed by atoms with van der Waals surface area (Å²) in [5.74, 6) is -0.274. The van der Waals surface area contributed by atoms with E-state index in [1.165, 1.54) is 25.7 Å². The van der Waals surface area contributed by atoms with Crippen LogP contribution in [0.3, 0.4) is 0 Å². The zero-order valence-corrected chi connectivity index (χ0v) is 16.8. The lowest BCUT2D eigenvalue weighted by atomic mass is 10.1. The predicted molar refractivity (Wildman–Crippen MR) is 102 cm³/mol. The van der Waals surface area contributed by atoms with Crippen molar-refractivity contribution in [2.24, 2.45) is 0 Å². The van der Waals surface area contributed by atoms with Gasteiger partial charge in [0.1, 0.15) is 6.10 Å². The van der Waals surface area contributed by atoms with Crippen molar-refractivity contribution in [3.05, 3.63) is 0 Å². The molecule has 0 saturated carbocycles. The Balaban J connectivity index is 3.56. The van der Waals surface area contributed by atoms with Crippen LogP contribution in [0.15, 0.2) is 0 Å². The second-order valence-corrected chi connectivity index (χ2v) is 6.88. The van der Waals surface area contributed by atoms with Crippen LogP contribution in [0.5, 0.6) is 0 Å². The first kappa shape index (κ1) is 23.9. The standard InChI is InChI=1S/C21H40O4/c1-4-7-8-9-10-13-18-24-20(22)16-11-12-17-21(23)25-19(14-5-2)15-6-3/h19H,4-18H2,1-3H3. The first-order valence-corrected chi connectivity index (χ1v) is 10.5. The third-order valence-corrected chi connectivity index (χ3v) is 4.29. The maximum absolute atomic E-state index is 11.8. The molecule has 4 nitrogen and oxygen atoms in total. The van der Waals surface area contributed by atoms with E-state index in [0.29, 0.717) is 32.3 Å². The van der Waals surface area contributed by atoms with Crippen molar-refractivity contribution >= 4 is 11.9 Å². The molecule has 148 valence electrons. The van der Waals surface area contributed by atoms with E-state index in [0.717, 1.165) is 38.5 Å². The van der Waals surface area contributed by atoms with Crippen LogP contribution in [0.1, 0.15) is 111 Å². The average molecular weight is 357 g/mol. The Morgan fingerprint density at radius 3 is 1.84 bits per heavy atom. The molecule has 0 N–H and O–H groups in total. The molecule has 25 heavy (non-hydrogen) atoms. The van der Waals surface area contributed by atoms with Gasteiger partial charge in [-0.1, -0.05) is 65.7 Å². The van der Waals surface area contributed by atoms with Gasteiger partial charge in [0.25, 0.3) is 0 Å². The third-order valence-electron chi connectivity index (χ3n) is 4.29. The lowest BCUT2D eigenvalue weighted by Crippen LogP contribution is -2.17. The Kier molecular flexibility index (Phi) is 17.0. The molecule has 0 unspecified atom stereocenters. The van der Waals surface area contributed by atoms with Crippen molar-refractivity contribution in [1.29, 1.82) is 0 Å². The number of unbranched alkanes of at least 4 members (excludes halogenated alkanes) is 6. The zero-order valence-electron chi connectivity index (χ0n) is 16.8. The molecular formula is C21H40O4. The maximum atomic E-state index is 11.8. The second kappa shape index (κ2) is 17.8. The number of carbonyl (C=O) groups is 2. The minimum atomic E-state index is -0.142. The average Bonchev–Trinajstić information content (AvgIpc) is 2.58. The van der Waals surface area contributed by atoms with Crippen LogP contribution in [0.4, 0.5) is 0 Å². The maximum Gasteiger partial charge on any atom is 0.306 e. The van der Waals surface area contributed by atoms with Gasteiger partial charge >= 0.3 is 11.9 Å². The van der Waals surface area contributed by atoms with Crippen LogP contribution in [0.25, 0.3) is 0 Å². The SMILES string of the molecule is CCCCCCCCOC(=O)CCCCC(=O)OC(CCC)CCC. The van der Waals surface area contributed by atoms with Crippen molar-refractivity contribution in [3.63, 3.8) is 0 Å². The summed E-state index contributed by atoms with van der Waals surface area (Å²) in [5, 5.41) is 0. The number of ether oxygens (including phenoxy) is 2. The fourth-order valence-electron chi connectivity index (χ4n) is 2.83. The molecule has 0 aromatic rings. The van der Waals surface area contributed by atoms with Gasteiger partial charge in [-0.05, 0) is 32.1 Å². The summed E-state index contributed by atoms with van der Waals surface area (Å²) >= 11 is 0. The fourth-order valence-corrected chi connectivity index (χ4v) is 2.83. The van der Waals surface area contributed by atoms with Gasteiger partial charge in [0.05, 0.1) is 6.61 Å². The van der Waals surface area contributed by atoms with Crippen LogP contribution in [0.2, 0.25) is 0 Å². The van der Waals surface area contributed by atoms with E-state index in [9.17, 15) is 9.59 Å². The van der Waals surface area contributed by atoms with Gasteiger partial charge in [0, 0.05) is 12.8 Å². The van der Waals surface area contributed by atoms with Gasteiger partial charge in [-0.25, -0.2) is 0 Å². The third kappa shape index (κ3) is 16.2. The highest BCUT2D eigenvalue weighted by molar-refractivity contribution is 5.70. The Morgan fingerprint density at radius 1 is 0.680 bits per heavy atom. The van der Waals surface area contributed by atoms with Gasteiger partial charge in [-0.2, -0.15) is 0 Å². The van der Waals surface area contributed by atoms with Crippen molar-refractivity contribution in [1.82, 2.24) is 0 Å². The van der Waals surface area contributed by atoms with E-state index in [1.807, 2.05) is 0 Å². The molecule has 0 bridgehead atoms. The molecule has 0 aliphatic rings. The topological polar surface area (TPSA) is 52.6 Å². The van der Waals surface area contributed by atoms with Crippen molar-refractivity contribution < 1.29 is 19.1 Å². The largest absolute Gasteiger partial charge is 0.466 e. The summed E-state index contributed by atoms with van der Waals surface area (Å²) in [6.07, 6.45) is 13.3. The molecule has 0 amide bonds. The molecule has 0 saturated heterocycles. The molecule has 0 aliphatic carbocycles. The first-order valence-electron chi connectivity index (χ1n) is 10.5. The molecule has 0 aliphatic heterocycles. The van der Waals surface area contributed by atoms with Crippen molar-refractivity contribution in [2.75, 3.05) is 6.61 Å². The lowest BCUT2D eigenvalue weighted by molar-refractivity contribution is -0.150. The molecule has 0 heterocycles. The summed E-state index contributed by atoms with van der Waals surface area (Å²) in [6, 6.07) is 0. The highest BCUT2D eigenvalue weighted by Crippen LogP contribution is 2.12. The van der Waals surface area contributed by atoms with Gasteiger partial charge in [-0.3, -0.25) is 9.59 Å². The molecule has 0 atom stereocenters. The Bertz CT molecular complexity index is 322. The van der Waals surface area contributed by atoms with Gasteiger partial charge < -0.3 is 9.47 Å². The van der Waals surface area contributed by atoms with Crippen LogP contribution in [-0.4, -0.2) is 24.6 Å². The molecule has 0 spiro atoms. The van der Waals surface area contributed by atoms with E-state index in [1.54, 1.807) is 0 Å². The predicted octanol–water partition coefficient (Wildman–Crippen LogP) is 5.96. The minimum absolute atomic E-state index is 0.0600. The molecule has 0 rings (SSSR count). The van der Waals surface area contributed by atoms with Crippen molar-refractivity contribution in [3.8, 4) is 0 Å². The molecule has 0 aromatic carbocycles. The smallest absolute Gasteiger partial charge is 0.306 e. The monoisotopic (exact) mass is 356 g/mol. The van der Waals surface area contributed by atoms with Crippen LogP contribution >= 0.6 is 0 Å². The van der Waals surface area contributed by atoms with E-state index < -0.39 is 0 Å². The Hall–Kier alpha value is -1.06. The van der Waals surface area contributed by atoms with E-state index in [2.05, 4.69) is 20.8 Å². The minimum Gasteiger partial charge on any atom is -0.466 e. The summed E-state index contributed by atoms with van der Waals surface area (Å²) in [6.45, 7) is 6.94. The van der Waals surface area contributed by atoms with E-state index >= 15 is 0 Å². The summed E-state index contributed by atoms with van der Waals surface area (Å²) in [5.41, 5.74) is 0. The van der Waals surface area contributed by atoms with E-state index in [-0.39, 0.29) is 18.0 Å². The quantitative estimate of drug-likeness (QED) is 0.238. The number of hydrogen-bond acceptors (Lipinski definition) is 4. The first-order chi connectivity index (χ1) is 12.1. The lowest BCUT2D eigenvalue weighted by Gasteiger charge is -2.16. The second-order valence-electron chi connectivity index (χ2n) is 6.88. The molecule has 0 radical (unpaired) electrons. The fraction of sp³-hybridized carbons (Fsp3) is 0.905. The molecule has 0 aromatic heterocycles. The molecule has 4 heteroatoms. The number of carbonyl (C=O) groups excluding carboxylic acids is 2. The molecular weight excluding hydrogens is 316 g/mol. The van der Waals surface area contributed by atoms with Gasteiger partial charge in [-0.15, -0.1) is 0 Å². The van der Waals surface area contributed by atoms with Crippen molar-refractivity contribution in [2.45, 2.75) is 117 Å². The number of hydrogen-bond donors (Lipinski definition) is 0. The Labute approximate surface area is 155 Å². The highest BCUT2D eigenvalue weighted by Gasteiger charge is 2.13. The highest BCUT2D eigenvalue weighted by atomic mass is 16.5. The Morgan fingerprint density at radius 2 is 1.24 bits per heavy atom. The van der Waals surface area contributed by atoms with Crippen LogP contribution < -0.4 is 0 Å². The summed E-state index contributed by atoms with van der Waals surface area (Å²) in [4.78, 5) is 23.5. The molecule has 0 fully saturated rings. The summed E-state index contributed by atoms with van der Waals surface area (Å²) < 4.78 is 10.7. The van der Waals surface area contributed by atoms with Gasteiger partial charge in [0.2, 0.25) is 0 Å². The normalized spacial score (nSPS) is 10.9. The zero-order chi connectivity index (χ0) is 18.8. The summed E-state index contributed by atoms with van der Waals surface area (Å²) in [7, 11) is 0.